The summed E-state index contributed by atoms with van der Waals surface area (Å²) in [5.41, 5.74) is 2.11. The van der Waals surface area contributed by atoms with Crippen LogP contribution in [0.25, 0.3) is 0 Å². The fourth-order valence-corrected chi connectivity index (χ4v) is 2.76. The summed E-state index contributed by atoms with van der Waals surface area (Å²) in [6.07, 6.45) is 4.98. The molecule has 0 aromatic heterocycles. The predicted octanol–water partition coefficient (Wildman–Crippen LogP) is 3.07. The Bertz CT molecular complexity index is 428. The van der Waals surface area contributed by atoms with E-state index in [1.165, 1.54) is 34.8 Å². The van der Waals surface area contributed by atoms with Gasteiger partial charge in [0.15, 0.2) is 0 Å². The maximum Gasteiger partial charge on any atom is 0.238 e. The zero-order valence-corrected chi connectivity index (χ0v) is 12.8. The number of benzene rings is 1. The second kappa shape index (κ2) is 6.52. The van der Waals surface area contributed by atoms with Gasteiger partial charge < -0.3 is 10.6 Å². The number of anilines is 1. The molecule has 1 fully saturated rings. The van der Waals surface area contributed by atoms with E-state index in [1.54, 1.807) is 0 Å². The van der Waals surface area contributed by atoms with Gasteiger partial charge in [0.25, 0.3) is 0 Å². The topological polar surface area (TPSA) is 41.1 Å². The zero-order chi connectivity index (χ0) is 13.0. The fourth-order valence-electron chi connectivity index (χ4n) is 2.24. The average molecular weight is 358 g/mol. The lowest BCUT2D eigenvalue weighted by molar-refractivity contribution is -0.115. The molecule has 0 atom stereocenters. The van der Waals surface area contributed by atoms with Crippen molar-refractivity contribution in [3.05, 3.63) is 27.3 Å². The fraction of sp³-hybridized carbons (Fsp3) is 0.500. The number of carbonyl (C=O) groups is 1. The molecular formula is C14H19IN2O. The van der Waals surface area contributed by atoms with Gasteiger partial charge in [-0.2, -0.15) is 0 Å². The Balaban J connectivity index is 1.80. The van der Waals surface area contributed by atoms with E-state index in [4.69, 9.17) is 0 Å². The van der Waals surface area contributed by atoms with Crippen molar-refractivity contribution in [1.82, 2.24) is 5.32 Å². The third kappa shape index (κ3) is 3.95. The first-order valence-corrected chi connectivity index (χ1v) is 7.52. The molecule has 0 bridgehead atoms. The number of amides is 1. The first kappa shape index (κ1) is 13.8. The van der Waals surface area contributed by atoms with E-state index in [2.05, 4.69) is 40.1 Å². The van der Waals surface area contributed by atoms with E-state index in [9.17, 15) is 4.79 Å². The highest BCUT2D eigenvalue weighted by molar-refractivity contribution is 14.1. The lowest BCUT2D eigenvalue weighted by Gasteiger charge is -2.12. The molecule has 0 aliphatic heterocycles. The normalized spacial score (nSPS) is 15.9. The van der Waals surface area contributed by atoms with Crippen LogP contribution in [0.1, 0.15) is 31.2 Å². The van der Waals surface area contributed by atoms with Crippen LogP contribution in [-0.2, 0) is 4.79 Å². The van der Waals surface area contributed by atoms with Gasteiger partial charge in [0.2, 0.25) is 5.91 Å². The van der Waals surface area contributed by atoms with Crippen molar-refractivity contribution >= 4 is 34.2 Å². The summed E-state index contributed by atoms with van der Waals surface area (Å²) in [5, 5.41) is 6.24. The van der Waals surface area contributed by atoms with Gasteiger partial charge in [0.05, 0.1) is 6.54 Å². The van der Waals surface area contributed by atoms with Crippen LogP contribution < -0.4 is 10.6 Å². The smallest absolute Gasteiger partial charge is 0.238 e. The van der Waals surface area contributed by atoms with Crippen molar-refractivity contribution in [1.29, 1.82) is 0 Å². The van der Waals surface area contributed by atoms with Crippen molar-refractivity contribution in [3.63, 3.8) is 0 Å². The molecule has 0 saturated heterocycles. The average Bonchev–Trinajstić information content (AvgIpc) is 2.84. The van der Waals surface area contributed by atoms with Crippen LogP contribution in [-0.4, -0.2) is 18.5 Å². The molecule has 1 aliphatic rings. The summed E-state index contributed by atoms with van der Waals surface area (Å²) in [5.74, 6) is 0.0431. The Hall–Kier alpha value is -0.620. The molecule has 1 aliphatic carbocycles. The van der Waals surface area contributed by atoms with E-state index in [1.807, 2.05) is 18.2 Å². The molecule has 1 aromatic carbocycles. The summed E-state index contributed by atoms with van der Waals surface area (Å²) < 4.78 is 1.18. The van der Waals surface area contributed by atoms with Crippen LogP contribution in [0.5, 0.6) is 0 Å². The summed E-state index contributed by atoms with van der Waals surface area (Å²) in [6, 6.07) is 6.52. The Morgan fingerprint density at radius 1 is 1.39 bits per heavy atom. The molecule has 3 nitrogen and oxygen atoms in total. The van der Waals surface area contributed by atoms with Crippen molar-refractivity contribution in [2.45, 2.75) is 38.6 Å². The molecule has 2 N–H and O–H groups in total. The highest BCUT2D eigenvalue weighted by Crippen LogP contribution is 2.18. The van der Waals surface area contributed by atoms with E-state index in [-0.39, 0.29) is 5.91 Å². The molecule has 0 spiro atoms. The van der Waals surface area contributed by atoms with Gasteiger partial charge in [-0.05, 0) is 60.1 Å². The van der Waals surface area contributed by atoms with Crippen LogP contribution in [0.3, 0.4) is 0 Å². The molecule has 0 unspecified atom stereocenters. The number of hydrogen-bond donors (Lipinski definition) is 2. The number of rotatable bonds is 4. The summed E-state index contributed by atoms with van der Waals surface area (Å²) in [6.45, 7) is 2.48. The molecule has 1 amide bonds. The lowest BCUT2D eigenvalue weighted by Crippen LogP contribution is -2.34. The van der Waals surface area contributed by atoms with Crippen LogP contribution in [0, 0.1) is 10.5 Å². The van der Waals surface area contributed by atoms with E-state index in [0.717, 1.165) is 5.69 Å². The van der Waals surface area contributed by atoms with Crippen molar-refractivity contribution in [2.24, 2.45) is 0 Å². The number of aryl methyl sites for hydroxylation is 1. The van der Waals surface area contributed by atoms with Crippen LogP contribution in [0.15, 0.2) is 18.2 Å². The maximum absolute atomic E-state index is 11.8. The van der Waals surface area contributed by atoms with E-state index >= 15 is 0 Å². The molecule has 0 radical (unpaired) electrons. The molecule has 1 aromatic rings. The highest BCUT2D eigenvalue weighted by Gasteiger charge is 2.15. The Morgan fingerprint density at radius 3 is 2.78 bits per heavy atom. The van der Waals surface area contributed by atoms with Crippen molar-refractivity contribution < 1.29 is 4.79 Å². The second-order valence-corrected chi connectivity index (χ2v) is 6.04. The predicted molar refractivity (Wildman–Crippen MR) is 82.8 cm³/mol. The minimum atomic E-state index is 0.0431. The quantitative estimate of drug-likeness (QED) is 0.813. The third-order valence-electron chi connectivity index (χ3n) is 3.36. The molecule has 98 valence electrons. The zero-order valence-electron chi connectivity index (χ0n) is 10.6. The van der Waals surface area contributed by atoms with E-state index < -0.39 is 0 Å². The lowest BCUT2D eigenvalue weighted by atomic mass is 10.2. The number of carbonyl (C=O) groups excluding carboxylic acids is 1. The summed E-state index contributed by atoms with van der Waals surface area (Å²) >= 11 is 2.28. The first-order valence-electron chi connectivity index (χ1n) is 6.44. The van der Waals surface area contributed by atoms with Crippen LogP contribution in [0.2, 0.25) is 0 Å². The molecule has 18 heavy (non-hydrogen) atoms. The Labute approximate surface area is 122 Å². The van der Waals surface area contributed by atoms with Gasteiger partial charge in [0.1, 0.15) is 0 Å². The van der Waals surface area contributed by atoms with Gasteiger partial charge in [-0.15, -0.1) is 0 Å². The highest BCUT2D eigenvalue weighted by atomic mass is 127. The number of halogens is 1. The van der Waals surface area contributed by atoms with Crippen LogP contribution >= 0.6 is 22.6 Å². The SMILES string of the molecule is Cc1ccc(NC(=O)CNC2CCCC2)cc1I. The molecular weight excluding hydrogens is 339 g/mol. The molecule has 4 heteroatoms. The number of nitrogens with one attached hydrogen (secondary N) is 2. The van der Waals surface area contributed by atoms with Gasteiger partial charge in [-0.25, -0.2) is 0 Å². The monoisotopic (exact) mass is 358 g/mol. The van der Waals surface area contributed by atoms with Gasteiger partial charge in [0, 0.05) is 15.3 Å². The summed E-state index contributed by atoms with van der Waals surface area (Å²) in [4.78, 5) is 11.8. The first-order chi connectivity index (χ1) is 8.65. The largest absolute Gasteiger partial charge is 0.325 e. The standard InChI is InChI=1S/C14H19IN2O/c1-10-6-7-12(8-13(10)15)17-14(18)9-16-11-4-2-3-5-11/h6-8,11,16H,2-5,9H2,1H3,(H,17,18). The van der Waals surface area contributed by atoms with Gasteiger partial charge in [-0.1, -0.05) is 18.9 Å². The van der Waals surface area contributed by atoms with Crippen molar-refractivity contribution in [2.75, 3.05) is 11.9 Å². The molecule has 0 heterocycles. The molecule has 2 rings (SSSR count). The third-order valence-corrected chi connectivity index (χ3v) is 4.52. The van der Waals surface area contributed by atoms with Crippen molar-refractivity contribution in [3.8, 4) is 0 Å². The summed E-state index contributed by atoms with van der Waals surface area (Å²) in [7, 11) is 0. The Kier molecular flexibility index (Phi) is 5.00. The molecule has 1 saturated carbocycles. The maximum atomic E-state index is 11.8. The van der Waals surface area contributed by atoms with E-state index in [0.29, 0.717) is 12.6 Å². The van der Waals surface area contributed by atoms with Gasteiger partial charge >= 0.3 is 0 Å². The number of hydrogen-bond acceptors (Lipinski definition) is 2. The Morgan fingerprint density at radius 2 is 2.11 bits per heavy atom. The second-order valence-electron chi connectivity index (χ2n) is 4.87. The van der Waals surface area contributed by atoms with Crippen LogP contribution in [0.4, 0.5) is 5.69 Å². The minimum Gasteiger partial charge on any atom is -0.325 e. The van der Waals surface area contributed by atoms with Gasteiger partial charge in [-0.3, -0.25) is 4.79 Å². The minimum absolute atomic E-state index is 0.0431.